The van der Waals surface area contributed by atoms with Crippen molar-refractivity contribution < 1.29 is 14.3 Å². The maximum atomic E-state index is 12.1. The molecule has 0 fully saturated rings. The molecule has 0 unspecified atom stereocenters. The molecule has 1 aliphatic rings. The Morgan fingerprint density at radius 3 is 2.71 bits per heavy atom. The number of ether oxygens (including phenoxy) is 1. The van der Waals surface area contributed by atoms with Gasteiger partial charge in [-0.15, -0.1) is 0 Å². The quantitative estimate of drug-likeness (QED) is 0.679. The second-order valence-electron chi connectivity index (χ2n) is 5.00. The topological polar surface area (TPSA) is 55.4 Å². The summed E-state index contributed by atoms with van der Waals surface area (Å²) in [7, 11) is 1.28. The van der Waals surface area contributed by atoms with Crippen LogP contribution in [0.25, 0.3) is 0 Å². The number of halogens is 2. The van der Waals surface area contributed by atoms with E-state index < -0.39 is 11.9 Å². The Hall–Kier alpha value is -1.52. The smallest absolute Gasteiger partial charge is 0.316 e. The highest BCUT2D eigenvalue weighted by Gasteiger charge is 2.35. The molecule has 112 valence electrons. The van der Waals surface area contributed by atoms with Gasteiger partial charge >= 0.3 is 5.97 Å². The van der Waals surface area contributed by atoms with Gasteiger partial charge in [0.2, 0.25) is 0 Å². The summed E-state index contributed by atoms with van der Waals surface area (Å²) in [5.74, 6) is -1.64. The van der Waals surface area contributed by atoms with E-state index >= 15 is 0 Å². The van der Waals surface area contributed by atoms with Crippen LogP contribution in [0.4, 0.5) is 5.69 Å². The van der Waals surface area contributed by atoms with Crippen molar-refractivity contribution in [2.45, 2.75) is 13.3 Å². The Balaban J connectivity index is 2.21. The summed E-state index contributed by atoms with van der Waals surface area (Å²) in [6.45, 7) is 1.84. The zero-order valence-corrected chi connectivity index (χ0v) is 13.2. The van der Waals surface area contributed by atoms with Crippen LogP contribution in [0.2, 0.25) is 10.0 Å². The van der Waals surface area contributed by atoms with Crippen LogP contribution in [0.1, 0.15) is 13.3 Å². The van der Waals surface area contributed by atoms with Gasteiger partial charge in [0.15, 0.2) is 5.78 Å². The Morgan fingerprint density at radius 2 is 2.10 bits per heavy atom. The van der Waals surface area contributed by atoms with Gasteiger partial charge in [0, 0.05) is 16.8 Å². The predicted octanol–water partition coefficient (Wildman–Crippen LogP) is 3.69. The fraction of sp³-hybridized carbons (Fsp3) is 0.333. The molecule has 6 heteroatoms. The molecule has 1 aromatic rings. The van der Waals surface area contributed by atoms with Crippen molar-refractivity contribution in [3.8, 4) is 0 Å². The Morgan fingerprint density at radius 1 is 1.38 bits per heavy atom. The minimum atomic E-state index is -0.740. The van der Waals surface area contributed by atoms with Crippen LogP contribution in [-0.4, -0.2) is 18.9 Å². The van der Waals surface area contributed by atoms with Gasteiger partial charge in [0.1, 0.15) is 5.92 Å². The number of methoxy groups -OCH3 is 1. The van der Waals surface area contributed by atoms with E-state index in [0.29, 0.717) is 27.9 Å². The number of hydrogen-bond donors (Lipinski definition) is 1. The lowest BCUT2D eigenvalue weighted by atomic mass is 9.82. The average molecular weight is 328 g/mol. The van der Waals surface area contributed by atoms with E-state index in [0.717, 1.165) is 0 Å². The third-order valence-corrected chi connectivity index (χ3v) is 3.98. The van der Waals surface area contributed by atoms with E-state index in [9.17, 15) is 9.59 Å². The molecule has 1 N–H and O–H groups in total. The summed E-state index contributed by atoms with van der Waals surface area (Å²) in [5.41, 5.74) is 1.34. The summed E-state index contributed by atoms with van der Waals surface area (Å²) in [4.78, 5) is 23.7. The van der Waals surface area contributed by atoms with E-state index in [1.54, 1.807) is 18.2 Å². The molecule has 0 amide bonds. The summed E-state index contributed by atoms with van der Waals surface area (Å²) < 4.78 is 4.67. The number of allylic oxidation sites excluding steroid dienone is 2. The van der Waals surface area contributed by atoms with Gasteiger partial charge < -0.3 is 10.1 Å². The first-order valence-corrected chi connectivity index (χ1v) is 7.22. The molecule has 2 rings (SSSR count). The van der Waals surface area contributed by atoms with Gasteiger partial charge in [0.25, 0.3) is 0 Å². The van der Waals surface area contributed by atoms with Gasteiger partial charge in [-0.3, -0.25) is 9.59 Å². The van der Waals surface area contributed by atoms with Crippen LogP contribution in [0.3, 0.4) is 0 Å². The van der Waals surface area contributed by atoms with Crippen molar-refractivity contribution in [1.82, 2.24) is 0 Å². The highest BCUT2D eigenvalue weighted by Crippen LogP contribution is 2.32. The van der Waals surface area contributed by atoms with Crippen molar-refractivity contribution in [3.63, 3.8) is 0 Å². The summed E-state index contributed by atoms with van der Waals surface area (Å²) >= 11 is 12.0. The zero-order valence-electron chi connectivity index (χ0n) is 11.7. The second-order valence-corrected chi connectivity index (χ2v) is 5.85. The first-order chi connectivity index (χ1) is 9.92. The lowest BCUT2D eigenvalue weighted by Gasteiger charge is -2.26. The number of carbonyl (C=O) groups is 2. The maximum absolute atomic E-state index is 12.1. The van der Waals surface area contributed by atoms with E-state index in [-0.39, 0.29) is 11.7 Å². The van der Waals surface area contributed by atoms with Crippen LogP contribution >= 0.6 is 23.2 Å². The van der Waals surface area contributed by atoms with E-state index in [4.69, 9.17) is 23.2 Å². The first kappa shape index (κ1) is 15.9. The van der Waals surface area contributed by atoms with Gasteiger partial charge in [-0.1, -0.05) is 30.1 Å². The molecule has 4 nitrogen and oxygen atoms in total. The lowest BCUT2D eigenvalue weighted by Crippen LogP contribution is -2.34. The van der Waals surface area contributed by atoms with Crippen molar-refractivity contribution in [3.05, 3.63) is 40.0 Å². The number of carbonyl (C=O) groups excluding carboxylic acids is 2. The number of benzene rings is 1. The number of ketones is 1. The van der Waals surface area contributed by atoms with Crippen LogP contribution in [0.15, 0.2) is 30.0 Å². The molecule has 0 saturated heterocycles. The third-order valence-electron chi connectivity index (χ3n) is 3.41. The Kier molecular flexibility index (Phi) is 4.91. The highest BCUT2D eigenvalue weighted by molar-refractivity contribution is 6.35. The van der Waals surface area contributed by atoms with Crippen molar-refractivity contribution in [1.29, 1.82) is 0 Å². The Bertz CT molecular complexity index is 613. The van der Waals surface area contributed by atoms with Crippen LogP contribution in [0.5, 0.6) is 0 Å². The average Bonchev–Trinajstić information content (AvgIpc) is 2.42. The molecule has 1 aliphatic carbocycles. The normalized spacial score (nSPS) is 21.7. The van der Waals surface area contributed by atoms with Crippen molar-refractivity contribution in [2.24, 2.45) is 11.8 Å². The zero-order chi connectivity index (χ0) is 15.6. The molecule has 0 saturated carbocycles. The lowest BCUT2D eigenvalue weighted by molar-refractivity contribution is -0.150. The van der Waals surface area contributed by atoms with E-state index in [1.807, 2.05) is 6.92 Å². The molecule has 2 atom stereocenters. The number of nitrogens with one attached hydrogen (secondary N) is 1. The standard InChI is InChI=1S/C15H15Cl2NO3/c1-8-5-10(7-13(19)14(8)15(20)21-2)18-12-6-9(16)3-4-11(12)17/h3-4,6-8,14,18H,5H2,1-2H3/t8-,14+/m1/s1. The number of hydrogen-bond acceptors (Lipinski definition) is 4. The summed E-state index contributed by atoms with van der Waals surface area (Å²) in [5, 5.41) is 4.16. The number of esters is 1. The third kappa shape index (κ3) is 3.57. The highest BCUT2D eigenvalue weighted by atomic mass is 35.5. The molecule has 0 heterocycles. The molecule has 0 aliphatic heterocycles. The largest absolute Gasteiger partial charge is 0.468 e. The summed E-state index contributed by atoms with van der Waals surface area (Å²) in [6.07, 6.45) is 1.98. The maximum Gasteiger partial charge on any atom is 0.316 e. The van der Waals surface area contributed by atoms with Crippen molar-refractivity contribution >= 4 is 40.6 Å². The van der Waals surface area contributed by atoms with Gasteiger partial charge in [0.05, 0.1) is 17.8 Å². The molecule has 0 aromatic heterocycles. The predicted molar refractivity (Wildman–Crippen MR) is 82.5 cm³/mol. The van der Waals surface area contributed by atoms with Gasteiger partial charge in [-0.05, 0) is 30.5 Å². The van der Waals surface area contributed by atoms with Crippen LogP contribution < -0.4 is 5.32 Å². The van der Waals surface area contributed by atoms with Gasteiger partial charge in [-0.25, -0.2) is 0 Å². The molecular weight excluding hydrogens is 313 g/mol. The van der Waals surface area contributed by atoms with Crippen LogP contribution in [-0.2, 0) is 14.3 Å². The molecular formula is C15H15Cl2NO3. The Labute approximate surface area is 133 Å². The first-order valence-electron chi connectivity index (χ1n) is 6.46. The monoisotopic (exact) mass is 327 g/mol. The minimum absolute atomic E-state index is 0.143. The fourth-order valence-corrected chi connectivity index (χ4v) is 2.73. The number of anilines is 1. The van der Waals surface area contributed by atoms with Crippen molar-refractivity contribution in [2.75, 3.05) is 12.4 Å². The van der Waals surface area contributed by atoms with E-state index in [2.05, 4.69) is 10.1 Å². The molecule has 0 spiro atoms. The van der Waals surface area contributed by atoms with E-state index in [1.165, 1.54) is 13.2 Å². The molecule has 0 radical (unpaired) electrons. The molecule has 0 bridgehead atoms. The van der Waals surface area contributed by atoms with Gasteiger partial charge in [-0.2, -0.15) is 0 Å². The second kappa shape index (κ2) is 6.50. The fourth-order valence-electron chi connectivity index (χ4n) is 2.39. The number of rotatable bonds is 3. The minimum Gasteiger partial charge on any atom is -0.468 e. The van der Waals surface area contributed by atoms with Crippen LogP contribution in [0, 0.1) is 11.8 Å². The SMILES string of the molecule is COC(=O)[C@@H]1C(=O)C=C(Nc2cc(Cl)ccc2Cl)C[C@H]1C. The molecule has 1 aromatic carbocycles. The summed E-state index contributed by atoms with van der Waals surface area (Å²) in [6, 6.07) is 5.05. The molecule has 21 heavy (non-hydrogen) atoms.